The molecular weight excluding hydrogens is 442 g/mol. The summed E-state index contributed by atoms with van der Waals surface area (Å²) in [7, 11) is 1.56. The van der Waals surface area contributed by atoms with Crippen molar-refractivity contribution >= 4 is 11.8 Å². The summed E-state index contributed by atoms with van der Waals surface area (Å²) >= 11 is 0. The number of aromatic nitrogens is 1. The Morgan fingerprint density at radius 1 is 0.914 bits per heavy atom. The highest BCUT2D eigenvalue weighted by atomic mass is 16.5. The second-order valence-electron chi connectivity index (χ2n) is 8.23. The van der Waals surface area contributed by atoms with Gasteiger partial charge in [0.1, 0.15) is 5.75 Å². The Balaban J connectivity index is 1.48. The minimum atomic E-state index is -0.339. The van der Waals surface area contributed by atoms with Gasteiger partial charge in [0.2, 0.25) is 0 Å². The van der Waals surface area contributed by atoms with E-state index in [0.717, 1.165) is 16.7 Å². The van der Waals surface area contributed by atoms with Gasteiger partial charge >= 0.3 is 0 Å². The fraction of sp³-hybridized carbons (Fsp3) is 0.179. The fourth-order valence-electron chi connectivity index (χ4n) is 3.60. The van der Waals surface area contributed by atoms with E-state index in [1.165, 1.54) is 0 Å². The summed E-state index contributed by atoms with van der Waals surface area (Å²) in [5.41, 5.74) is 3.78. The Bertz CT molecular complexity index is 1280. The standard InChI is InChI=1S/C28H27N3O4/c1-20-11-13-21(14-12-20)17-29-27(32)26-16-25(35-30-26)19-31(18-22-7-4-3-5-8-22)28(33)23-9-6-10-24(15-23)34-2/h3-16H,17-19H2,1-2H3,(H,29,32). The lowest BCUT2D eigenvalue weighted by molar-refractivity contribution is 0.0712. The van der Waals surface area contributed by atoms with Crippen molar-refractivity contribution in [2.45, 2.75) is 26.6 Å². The van der Waals surface area contributed by atoms with Crippen molar-refractivity contribution < 1.29 is 18.8 Å². The summed E-state index contributed by atoms with van der Waals surface area (Å²) in [6.45, 7) is 2.92. The highest BCUT2D eigenvalue weighted by Crippen LogP contribution is 2.18. The summed E-state index contributed by atoms with van der Waals surface area (Å²) in [5.74, 6) is 0.490. The fourth-order valence-corrected chi connectivity index (χ4v) is 3.60. The van der Waals surface area contributed by atoms with Crippen molar-refractivity contribution in [1.82, 2.24) is 15.4 Å². The molecule has 0 saturated heterocycles. The number of nitrogens with zero attached hydrogens (tertiary/aromatic N) is 2. The average Bonchev–Trinajstić information content (AvgIpc) is 3.37. The Morgan fingerprint density at radius 2 is 1.69 bits per heavy atom. The number of ether oxygens (including phenoxy) is 1. The van der Waals surface area contributed by atoms with Crippen LogP contribution in [0.3, 0.4) is 0 Å². The molecule has 4 aromatic rings. The molecule has 7 heteroatoms. The molecule has 1 heterocycles. The molecule has 178 valence electrons. The number of amides is 2. The predicted molar refractivity (Wildman–Crippen MR) is 132 cm³/mol. The third-order valence-electron chi connectivity index (χ3n) is 5.53. The molecule has 3 aromatic carbocycles. The van der Waals surface area contributed by atoms with E-state index in [1.807, 2.05) is 61.5 Å². The Hall–Kier alpha value is -4.39. The quantitative estimate of drug-likeness (QED) is 0.382. The van der Waals surface area contributed by atoms with Gasteiger partial charge in [0.25, 0.3) is 11.8 Å². The van der Waals surface area contributed by atoms with E-state index in [9.17, 15) is 9.59 Å². The van der Waals surface area contributed by atoms with Crippen LogP contribution >= 0.6 is 0 Å². The van der Waals surface area contributed by atoms with Crippen LogP contribution in [0.15, 0.2) is 89.5 Å². The van der Waals surface area contributed by atoms with E-state index >= 15 is 0 Å². The zero-order valence-electron chi connectivity index (χ0n) is 19.7. The summed E-state index contributed by atoms with van der Waals surface area (Å²) in [4.78, 5) is 27.6. The van der Waals surface area contributed by atoms with Gasteiger partial charge in [-0.1, -0.05) is 71.4 Å². The Kier molecular flexibility index (Phi) is 7.57. The van der Waals surface area contributed by atoms with Crippen LogP contribution in [0.1, 0.15) is 43.3 Å². The second-order valence-corrected chi connectivity index (χ2v) is 8.23. The first-order valence-electron chi connectivity index (χ1n) is 11.3. The van der Waals surface area contributed by atoms with Gasteiger partial charge in [-0.05, 0) is 36.2 Å². The number of methoxy groups -OCH3 is 1. The van der Waals surface area contributed by atoms with Gasteiger partial charge in [0.15, 0.2) is 11.5 Å². The van der Waals surface area contributed by atoms with Crippen LogP contribution in [0.25, 0.3) is 0 Å². The molecule has 0 aliphatic heterocycles. The van der Waals surface area contributed by atoms with E-state index < -0.39 is 0 Å². The van der Waals surface area contributed by atoms with Gasteiger partial charge in [-0.3, -0.25) is 9.59 Å². The van der Waals surface area contributed by atoms with Crippen LogP contribution < -0.4 is 10.1 Å². The Morgan fingerprint density at radius 3 is 2.43 bits per heavy atom. The van der Waals surface area contributed by atoms with Crippen molar-refractivity contribution in [1.29, 1.82) is 0 Å². The maximum absolute atomic E-state index is 13.4. The zero-order valence-corrected chi connectivity index (χ0v) is 19.7. The third kappa shape index (κ3) is 6.35. The molecule has 0 spiro atoms. The van der Waals surface area contributed by atoms with E-state index in [1.54, 1.807) is 42.3 Å². The van der Waals surface area contributed by atoms with Crippen molar-refractivity contribution in [2.75, 3.05) is 7.11 Å². The average molecular weight is 470 g/mol. The van der Waals surface area contributed by atoms with E-state index in [-0.39, 0.29) is 24.1 Å². The van der Waals surface area contributed by atoms with Gasteiger partial charge in [-0.15, -0.1) is 0 Å². The van der Waals surface area contributed by atoms with Crippen LogP contribution in [0.5, 0.6) is 5.75 Å². The number of carbonyl (C=O) groups excluding carboxylic acids is 2. The van der Waals surface area contributed by atoms with E-state index in [4.69, 9.17) is 9.26 Å². The molecule has 0 fully saturated rings. The Labute approximate surface area is 204 Å². The molecule has 0 radical (unpaired) electrons. The number of hydrogen-bond donors (Lipinski definition) is 1. The SMILES string of the molecule is COc1cccc(C(=O)N(Cc2ccccc2)Cc2cc(C(=O)NCc3ccc(C)cc3)no2)c1. The highest BCUT2D eigenvalue weighted by Gasteiger charge is 2.21. The molecule has 1 N–H and O–H groups in total. The number of nitrogens with one attached hydrogen (secondary N) is 1. The first kappa shape index (κ1) is 23.8. The van der Waals surface area contributed by atoms with Crippen LogP contribution in [0, 0.1) is 6.92 Å². The highest BCUT2D eigenvalue weighted by molar-refractivity contribution is 5.94. The maximum atomic E-state index is 13.4. The molecule has 35 heavy (non-hydrogen) atoms. The van der Waals surface area contributed by atoms with Crippen LogP contribution in [0.2, 0.25) is 0 Å². The molecule has 0 atom stereocenters. The lowest BCUT2D eigenvalue weighted by Crippen LogP contribution is -2.30. The van der Waals surface area contributed by atoms with Gasteiger partial charge in [0.05, 0.1) is 13.7 Å². The summed E-state index contributed by atoms with van der Waals surface area (Å²) < 4.78 is 10.7. The molecule has 0 saturated carbocycles. The normalized spacial score (nSPS) is 10.6. The van der Waals surface area contributed by atoms with Crippen LogP contribution in [-0.2, 0) is 19.6 Å². The van der Waals surface area contributed by atoms with Crippen LogP contribution in [-0.4, -0.2) is 29.0 Å². The van der Waals surface area contributed by atoms with Gasteiger partial charge < -0.3 is 19.5 Å². The number of benzene rings is 3. The first-order valence-corrected chi connectivity index (χ1v) is 11.3. The lowest BCUT2D eigenvalue weighted by atomic mass is 10.1. The maximum Gasteiger partial charge on any atom is 0.273 e. The van der Waals surface area contributed by atoms with E-state index in [2.05, 4.69) is 10.5 Å². The number of rotatable bonds is 9. The van der Waals surface area contributed by atoms with Crippen LogP contribution in [0.4, 0.5) is 0 Å². The van der Waals surface area contributed by atoms with Crippen molar-refractivity contribution in [3.8, 4) is 5.75 Å². The first-order chi connectivity index (χ1) is 17.0. The summed E-state index contributed by atoms with van der Waals surface area (Å²) in [6, 6.07) is 26.2. The summed E-state index contributed by atoms with van der Waals surface area (Å²) in [5, 5.41) is 6.76. The molecule has 0 bridgehead atoms. The number of aryl methyl sites for hydroxylation is 1. The molecule has 0 aliphatic carbocycles. The van der Waals surface area contributed by atoms with Crippen molar-refractivity contribution in [3.63, 3.8) is 0 Å². The summed E-state index contributed by atoms with van der Waals surface area (Å²) in [6.07, 6.45) is 0. The molecule has 4 rings (SSSR count). The van der Waals surface area contributed by atoms with Crippen molar-refractivity contribution in [2.24, 2.45) is 0 Å². The minimum absolute atomic E-state index is 0.156. The number of carbonyl (C=O) groups is 2. The van der Waals surface area contributed by atoms with Gasteiger partial charge in [-0.25, -0.2) is 0 Å². The zero-order chi connectivity index (χ0) is 24.6. The van der Waals surface area contributed by atoms with Crippen molar-refractivity contribution in [3.05, 3.63) is 119 Å². The smallest absolute Gasteiger partial charge is 0.273 e. The topological polar surface area (TPSA) is 84.7 Å². The van der Waals surface area contributed by atoms with Gasteiger partial charge in [-0.2, -0.15) is 0 Å². The predicted octanol–water partition coefficient (Wildman–Crippen LogP) is 4.76. The molecule has 2 amide bonds. The lowest BCUT2D eigenvalue weighted by Gasteiger charge is -2.22. The molecule has 0 aliphatic rings. The third-order valence-corrected chi connectivity index (χ3v) is 5.53. The second kappa shape index (κ2) is 11.2. The molecular formula is C28H27N3O4. The minimum Gasteiger partial charge on any atom is -0.497 e. The van der Waals surface area contributed by atoms with E-state index in [0.29, 0.717) is 30.2 Å². The largest absolute Gasteiger partial charge is 0.497 e. The monoisotopic (exact) mass is 469 g/mol. The number of hydrogen-bond acceptors (Lipinski definition) is 5. The van der Waals surface area contributed by atoms with Gasteiger partial charge in [0, 0.05) is 24.7 Å². The molecule has 0 unspecified atom stereocenters. The molecule has 1 aromatic heterocycles. The molecule has 7 nitrogen and oxygen atoms in total.